The van der Waals surface area contributed by atoms with E-state index >= 15 is 0 Å². The number of aromatic nitrogens is 2. The van der Waals surface area contributed by atoms with Crippen molar-refractivity contribution in [3.8, 4) is 0 Å². The fraction of sp³-hybridized carbons (Fsp3) is 0.357. The van der Waals surface area contributed by atoms with Gasteiger partial charge in [-0.15, -0.1) is 0 Å². The van der Waals surface area contributed by atoms with Crippen LogP contribution in [0.1, 0.15) is 37.1 Å². The monoisotopic (exact) mass is 567 g/mol. The number of carboxylic acid groups (broad SMARTS) is 1. The Kier molecular flexibility index (Phi) is 9.93. The fourth-order valence-electron chi connectivity index (χ4n) is 5.19. The molecule has 0 radical (unpaired) electrons. The van der Waals surface area contributed by atoms with Crippen LogP contribution in [0, 0.1) is 0 Å². The van der Waals surface area contributed by atoms with Crippen molar-refractivity contribution in [1.29, 1.82) is 0 Å². The van der Waals surface area contributed by atoms with Crippen LogP contribution in [0.5, 0.6) is 0 Å². The molecule has 1 aliphatic carbocycles. The minimum Gasteiger partial charge on any atom is -0.480 e. The summed E-state index contributed by atoms with van der Waals surface area (Å²) in [5.41, 5.74) is 1.94. The number of pyridine rings is 2. The Bertz CT molecular complexity index is 1370. The third-order valence-electron chi connectivity index (χ3n) is 6.94. The van der Waals surface area contributed by atoms with E-state index in [9.17, 15) is 27.7 Å². The molecule has 1 fully saturated rings. The van der Waals surface area contributed by atoms with Gasteiger partial charge in [-0.3, -0.25) is 33.9 Å². The van der Waals surface area contributed by atoms with E-state index in [1.54, 1.807) is 12.4 Å². The summed E-state index contributed by atoms with van der Waals surface area (Å²) in [5.74, 6) is -1.24. The van der Waals surface area contributed by atoms with Gasteiger partial charge in [-0.1, -0.05) is 25.0 Å². The summed E-state index contributed by atoms with van der Waals surface area (Å²) in [5, 5.41) is 12.5. The Morgan fingerprint density at radius 3 is 1.80 bits per heavy atom. The molecule has 1 aliphatic rings. The second-order valence-corrected chi connectivity index (χ2v) is 11.2. The molecule has 0 spiro atoms. The minimum absolute atomic E-state index is 0.0162. The zero-order chi connectivity index (χ0) is 28.5. The number of nitrogens with zero attached hydrogens (tertiary/aromatic N) is 4. The summed E-state index contributed by atoms with van der Waals surface area (Å²) in [6.07, 6.45) is 6.84. The predicted molar refractivity (Wildman–Crippen MR) is 148 cm³/mol. The molecule has 1 aromatic carbocycles. The lowest BCUT2D eigenvalue weighted by molar-refractivity contribution is -0.140. The van der Waals surface area contributed by atoms with E-state index in [1.807, 2.05) is 46.2 Å². The first-order valence-electron chi connectivity index (χ1n) is 13.1. The molecular weight excluding hydrogens is 534 g/mol. The zero-order valence-electron chi connectivity index (χ0n) is 22.0. The van der Waals surface area contributed by atoms with Gasteiger partial charge in [0.1, 0.15) is 0 Å². The Morgan fingerprint density at radius 1 is 0.825 bits per heavy atom. The highest BCUT2D eigenvalue weighted by Gasteiger charge is 2.36. The average molecular weight is 568 g/mol. The van der Waals surface area contributed by atoms with E-state index in [2.05, 4.69) is 15.3 Å². The molecule has 3 N–H and O–H groups in total. The van der Waals surface area contributed by atoms with Crippen LogP contribution in [0.2, 0.25) is 0 Å². The number of anilines is 1. The van der Waals surface area contributed by atoms with E-state index in [0.717, 1.165) is 37.1 Å². The zero-order valence-corrected chi connectivity index (χ0v) is 22.8. The number of carbonyl (C=O) groups is 2. The molecular formula is C28H33N5O6S. The number of nitrogens with one attached hydrogen (secondary N) is 1. The number of benzene rings is 1. The second kappa shape index (κ2) is 13.6. The Balaban J connectivity index is 1.57. The van der Waals surface area contributed by atoms with Crippen molar-refractivity contribution < 1.29 is 27.7 Å². The van der Waals surface area contributed by atoms with Gasteiger partial charge < -0.3 is 10.4 Å². The third kappa shape index (κ3) is 8.39. The van der Waals surface area contributed by atoms with Gasteiger partial charge in [-0.25, -0.2) is 0 Å². The summed E-state index contributed by atoms with van der Waals surface area (Å²) in [6, 6.07) is 16.2. The fourth-order valence-corrected chi connectivity index (χ4v) is 5.67. The van der Waals surface area contributed by atoms with E-state index in [-0.39, 0.29) is 36.0 Å². The van der Waals surface area contributed by atoms with Crippen LogP contribution in [0.15, 0.2) is 78.0 Å². The van der Waals surface area contributed by atoms with Gasteiger partial charge in [0, 0.05) is 43.3 Å². The molecule has 40 heavy (non-hydrogen) atoms. The molecule has 2 atom stereocenters. The van der Waals surface area contributed by atoms with E-state index in [4.69, 9.17) is 0 Å². The molecule has 11 nitrogen and oxygen atoms in total. The molecule has 12 heteroatoms. The van der Waals surface area contributed by atoms with Crippen LogP contribution in [-0.4, -0.2) is 74.9 Å². The topological polar surface area (TPSA) is 153 Å². The number of carbonyl (C=O) groups excluding carboxylic acids is 1. The number of aliphatic carboxylic acids is 1. The van der Waals surface area contributed by atoms with Crippen molar-refractivity contribution in [2.75, 3.05) is 18.4 Å². The molecule has 2 heterocycles. The molecule has 0 bridgehead atoms. The number of amides is 1. The smallest absolute Gasteiger partial charge is 0.317 e. The normalized spacial score (nSPS) is 17.6. The lowest BCUT2D eigenvalue weighted by atomic mass is 9.87. The van der Waals surface area contributed by atoms with Crippen LogP contribution >= 0.6 is 0 Å². The summed E-state index contributed by atoms with van der Waals surface area (Å²) in [7, 11) is -4.34. The summed E-state index contributed by atoms with van der Waals surface area (Å²) in [4.78, 5) is 37.7. The van der Waals surface area contributed by atoms with Crippen LogP contribution in [0.25, 0.3) is 0 Å². The highest BCUT2D eigenvalue weighted by atomic mass is 32.2. The molecule has 1 saturated carbocycles. The lowest BCUT2D eigenvalue weighted by Crippen LogP contribution is -2.55. The molecule has 4 rings (SSSR count). The van der Waals surface area contributed by atoms with E-state index in [1.165, 1.54) is 24.3 Å². The standard InChI is InChI=1S/C28H33N5O6S/c34-27(31-21-11-13-24(14-12-21)40(37,38)39)19-32(17-22-7-3-5-15-29-22)25-9-1-2-10-26(25)33(20-28(35)36)18-23-8-4-6-16-30-23/h3-8,11-16,25-26H,1-2,9-10,17-20H2,(H,31,34)(H,35,36)(H,37,38,39)/t25?,26-/m0/s1. The SMILES string of the molecule is O=C(O)CN(Cc1ccccn1)[C@H]1CCCCC1N(CC(=O)Nc1ccc(S(=O)(=O)O)cc1)Cc1ccccn1. The molecule has 0 saturated heterocycles. The van der Waals surface area contributed by atoms with Crippen LogP contribution in [0.4, 0.5) is 5.69 Å². The van der Waals surface area contributed by atoms with Gasteiger partial charge in [-0.05, 0) is 61.4 Å². The number of hydrogen-bond acceptors (Lipinski definition) is 8. The molecule has 0 aliphatic heterocycles. The van der Waals surface area contributed by atoms with Crippen molar-refractivity contribution in [3.63, 3.8) is 0 Å². The number of rotatable bonds is 12. The molecule has 1 unspecified atom stereocenters. The maximum Gasteiger partial charge on any atom is 0.317 e. The summed E-state index contributed by atoms with van der Waals surface area (Å²) in [6.45, 7) is 0.628. The van der Waals surface area contributed by atoms with Crippen molar-refractivity contribution in [2.45, 2.75) is 55.8 Å². The van der Waals surface area contributed by atoms with Crippen LogP contribution < -0.4 is 5.32 Å². The number of carboxylic acids is 1. The Labute approximate surface area is 233 Å². The Morgan fingerprint density at radius 2 is 1.35 bits per heavy atom. The van der Waals surface area contributed by atoms with Crippen molar-refractivity contribution in [1.82, 2.24) is 19.8 Å². The van der Waals surface area contributed by atoms with Gasteiger partial charge in [0.15, 0.2) is 0 Å². The predicted octanol–water partition coefficient (Wildman–Crippen LogP) is 3.06. The summed E-state index contributed by atoms with van der Waals surface area (Å²) < 4.78 is 31.9. The van der Waals surface area contributed by atoms with Crippen molar-refractivity contribution in [3.05, 3.63) is 84.4 Å². The van der Waals surface area contributed by atoms with Gasteiger partial charge in [0.2, 0.25) is 5.91 Å². The van der Waals surface area contributed by atoms with Gasteiger partial charge >= 0.3 is 5.97 Å². The second-order valence-electron chi connectivity index (χ2n) is 9.81. The highest BCUT2D eigenvalue weighted by molar-refractivity contribution is 7.85. The quantitative estimate of drug-likeness (QED) is 0.278. The lowest BCUT2D eigenvalue weighted by Gasteiger charge is -2.44. The maximum absolute atomic E-state index is 13.2. The third-order valence-corrected chi connectivity index (χ3v) is 7.80. The first-order valence-corrected chi connectivity index (χ1v) is 14.5. The van der Waals surface area contributed by atoms with E-state index < -0.39 is 16.1 Å². The highest BCUT2D eigenvalue weighted by Crippen LogP contribution is 2.29. The van der Waals surface area contributed by atoms with Crippen molar-refractivity contribution >= 4 is 27.7 Å². The van der Waals surface area contributed by atoms with Crippen LogP contribution in [-0.2, 0) is 32.8 Å². The number of hydrogen-bond donors (Lipinski definition) is 3. The first kappa shape index (κ1) is 29.3. The van der Waals surface area contributed by atoms with E-state index in [0.29, 0.717) is 18.8 Å². The Hall–Kier alpha value is -3.71. The largest absolute Gasteiger partial charge is 0.480 e. The molecule has 2 aromatic heterocycles. The van der Waals surface area contributed by atoms with Gasteiger partial charge in [-0.2, -0.15) is 8.42 Å². The molecule has 3 aromatic rings. The minimum atomic E-state index is -4.34. The molecule has 212 valence electrons. The summed E-state index contributed by atoms with van der Waals surface area (Å²) >= 11 is 0. The van der Waals surface area contributed by atoms with Crippen molar-refractivity contribution in [2.24, 2.45) is 0 Å². The molecule has 1 amide bonds. The van der Waals surface area contributed by atoms with Gasteiger partial charge in [0.05, 0.1) is 29.4 Å². The average Bonchev–Trinajstić information content (AvgIpc) is 2.93. The van der Waals surface area contributed by atoms with Gasteiger partial charge in [0.25, 0.3) is 10.1 Å². The van der Waals surface area contributed by atoms with Crippen LogP contribution in [0.3, 0.4) is 0 Å². The maximum atomic E-state index is 13.2. The first-order chi connectivity index (χ1) is 19.2.